The Hall–Kier alpha value is -0.0800. The zero-order valence-corrected chi connectivity index (χ0v) is 12.0. The molecular formula is C14H30N2. The highest BCUT2D eigenvalue weighted by atomic mass is 15.2. The fraction of sp³-hybridized carbons (Fsp3) is 1.00. The lowest BCUT2D eigenvalue weighted by atomic mass is 9.75. The Kier molecular flexibility index (Phi) is 5.26. The monoisotopic (exact) mass is 226 g/mol. The van der Waals surface area contributed by atoms with Crippen LogP contribution in [-0.2, 0) is 0 Å². The second-order valence-corrected chi connectivity index (χ2v) is 5.86. The van der Waals surface area contributed by atoms with E-state index in [4.69, 9.17) is 0 Å². The second-order valence-electron chi connectivity index (χ2n) is 5.86. The van der Waals surface area contributed by atoms with Gasteiger partial charge < -0.3 is 5.32 Å². The predicted octanol–water partition coefficient (Wildman–Crippen LogP) is 2.74. The van der Waals surface area contributed by atoms with Crippen LogP contribution in [0, 0.1) is 11.8 Å². The Morgan fingerprint density at radius 2 is 1.94 bits per heavy atom. The molecule has 0 aromatic carbocycles. The minimum atomic E-state index is 0.665. The number of nitrogens with zero attached hydrogens (tertiary/aromatic N) is 1. The molecule has 1 saturated carbocycles. The van der Waals surface area contributed by atoms with E-state index in [9.17, 15) is 0 Å². The molecule has 2 nitrogen and oxygen atoms in total. The molecule has 1 N–H and O–H groups in total. The van der Waals surface area contributed by atoms with Gasteiger partial charge >= 0.3 is 0 Å². The first-order valence-corrected chi connectivity index (χ1v) is 6.90. The minimum absolute atomic E-state index is 0.665. The summed E-state index contributed by atoms with van der Waals surface area (Å²) < 4.78 is 0. The SMILES string of the molecule is CCC(C)N(C)C1C(C)CC(C)CC1NC. The lowest BCUT2D eigenvalue weighted by molar-refractivity contribution is 0.0569. The van der Waals surface area contributed by atoms with E-state index < -0.39 is 0 Å². The maximum absolute atomic E-state index is 3.53. The fourth-order valence-corrected chi connectivity index (χ4v) is 3.40. The molecule has 0 saturated heterocycles. The molecule has 0 aliphatic heterocycles. The highest BCUT2D eigenvalue weighted by Crippen LogP contribution is 2.32. The molecule has 96 valence electrons. The Morgan fingerprint density at radius 1 is 1.31 bits per heavy atom. The maximum Gasteiger partial charge on any atom is 0.0274 e. The summed E-state index contributed by atoms with van der Waals surface area (Å²) in [7, 11) is 4.42. The van der Waals surface area contributed by atoms with Gasteiger partial charge in [-0.05, 0) is 52.1 Å². The van der Waals surface area contributed by atoms with E-state index in [1.54, 1.807) is 0 Å². The van der Waals surface area contributed by atoms with Gasteiger partial charge in [0, 0.05) is 18.1 Å². The quantitative estimate of drug-likeness (QED) is 0.793. The van der Waals surface area contributed by atoms with Gasteiger partial charge in [0.1, 0.15) is 0 Å². The average molecular weight is 226 g/mol. The first-order chi connectivity index (χ1) is 7.51. The van der Waals surface area contributed by atoms with Crippen LogP contribution in [0.3, 0.4) is 0 Å². The van der Waals surface area contributed by atoms with E-state index in [1.807, 2.05) is 0 Å². The number of nitrogens with one attached hydrogen (secondary N) is 1. The molecule has 0 radical (unpaired) electrons. The molecule has 1 rings (SSSR count). The summed E-state index contributed by atoms with van der Waals surface area (Å²) in [5, 5.41) is 3.53. The van der Waals surface area contributed by atoms with Crippen molar-refractivity contribution in [2.45, 2.75) is 65.1 Å². The summed E-state index contributed by atoms with van der Waals surface area (Å²) in [6, 6.07) is 2.06. The van der Waals surface area contributed by atoms with E-state index >= 15 is 0 Å². The summed E-state index contributed by atoms with van der Waals surface area (Å²) in [6.45, 7) is 9.44. The number of hydrogen-bond acceptors (Lipinski definition) is 2. The summed E-state index contributed by atoms with van der Waals surface area (Å²) in [5.74, 6) is 1.68. The van der Waals surface area contributed by atoms with Crippen LogP contribution in [0.15, 0.2) is 0 Å². The zero-order valence-electron chi connectivity index (χ0n) is 12.0. The largest absolute Gasteiger partial charge is 0.315 e. The summed E-state index contributed by atoms with van der Waals surface area (Å²) in [5.41, 5.74) is 0. The molecule has 0 bridgehead atoms. The predicted molar refractivity (Wildman–Crippen MR) is 71.7 cm³/mol. The van der Waals surface area contributed by atoms with Crippen LogP contribution in [0.25, 0.3) is 0 Å². The molecule has 1 fully saturated rings. The first kappa shape index (κ1) is 14.0. The second kappa shape index (κ2) is 6.02. The molecule has 2 heteroatoms. The molecule has 1 aliphatic carbocycles. The van der Waals surface area contributed by atoms with Gasteiger partial charge in [-0.3, -0.25) is 4.90 Å². The van der Waals surface area contributed by atoms with E-state index in [0.717, 1.165) is 11.8 Å². The molecule has 1 aliphatic rings. The van der Waals surface area contributed by atoms with Crippen LogP contribution in [0.4, 0.5) is 0 Å². The molecule has 16 heavy (non-hydrogen) atoms. The van der Waals surface area contributed by atoms with Gasteiger partial charge in [-0.2, -0.15) is 0 Å². The van der Waals surface area contributed by atoms with Gasteiger partial charge in [-0.1, -0.05) is 20.8 Å². The van der Waals surface area contributed by atoms with Crippen LogP contribution in [-0.4, -0.2) is 37.1 Å². The van der Waals surface area contributed by atoms with Crippen molar-refractivity contribution in [1.82, 2.24) is 10.2 Å². The molecular weight excluding hydrogens is 196 g/mol. The van der Waals surface area contributed by atoms with Gasteiger partial charge in [-0.25, -0.2) is 0 Å². The molecule has 5 unspecified atom stereocenters. The van der Waals surface area contributed by atoms with Crippen molar-refractivity contribution < 1.29 is 0 Å². The molecule has 0 aromatic heterocycles. The van der Waals surface area contributed by atoms with Crippen LogP contribution in [0.1, 0.15) is 47.0 Å². The smallest absolute Gasteiger partial charge is 0.0274 e. The Morgan fingerprint density at radius 3 is 2.44 bits per heavy atom. The maximum atomic E-state index is 3.53. The van der Waals surface area contributed by atoms with Crippen molar-refractivity contribution in [1.29, 1.82) is 0 Å². The third-order valence-electron chi connectivity index (χ3n) is 4.55. The molecule has 5 atom stereocenters. The highest BCUT2D eigenvalue weighted by Gasteiger charge is 2.36. The molecule has 0 aromatic rings. The summed E-state index contributed by atoms with van der Waals surface area (Å²) in [6.07, 6.45) is 3.95. The summed E-state index contributed by atoms with van der Waals surface area (Å²) in [4.78, 5) is 2.59. The molecule has 0 amide bonds. The van der Waals surface area contributed by atoms with Crippen molar-refractivity contribution in [3.63, 3.8) is 0 Å². The van der Waals surface area contributed by atoms with E-state index in [2.05, 4.69) is 52.0 Å². The average Bonchev–Trinajstić information content (AvgIpc) is 2.26. The Bertz CT molecular complexity index is 203. The van der Waals surface area contributed by atoms with E-state index in [1.165, 1.54) is 19.3 Å². The minimum Gasteiger partial charge on any atom is -0.315 e. The van der Waals surface area contributed by atoms with Crippen LogP contribution in [0.2, 0.25) is 0 Å². The Labute approximate surface area is 102 Å². The van der Waals surface area contributed by atoms with E-state index in [0.29, 0.717) is 18.1 Å². The van der Waals surface area contributed by atoms with Gasteiger partial charge in [-0.15, -0.1) is 0 Å². The lowest BCUT2D eigenvalue weighted by Crippen LogP contribution is -2.56. The van der Waals surface area contributed by atoms with Gasteiger partial charge in [0.15, 0.2) is 0 Å². The van der Waals surface area contributed by atoms with Crippen molar-refractivity contribution in [3.8, 4) is 0 Å². The fourth-order valence-electron chi connectivity index (χ4n) is 3.40. The van der Waals surface area contributed by atoms with Gasteiger partial charge in [0.25, 0.3) is 0 Å². The van der Waals surface area contributed by atoms with Crippen molar-refractivity contribution in [2.75, 3.05) is 14.1 Å². The van der Waals surface area contributed by atoms with Crippen LogP contribution >= 0.6 is 0 Å². The van der Waals surface area contributed by atoms with Gasteiger partial charge in [0.05, 0.1) is 0 Å². The molecule has 0 heterocycles. The van der Waals surface area contributed by atoms with Crippen LogP contribution in [0.5, 0.6) is 0 Å². The highest BCUT2D eigenvalue weighted by molar-refractivity contribution is 4.93. The number of hydrogen-bond donors (Lipinski definition) is 1. The van der Waals surface area contributed by atoms with E-state index in [-0.39, 0.29) is 0 Å². The lowest BCUT2D eigenvalue weighted by Gasteiger charge is -2.46. The standard InChI is InChI=1S/C14H30N2/c1-7-12(4)16(6)14-11(3)8-10(2)9-13(14)15-5/h10-15H,7-9H2,1-6H3. The van der Waals surface area contributed by atoms with Gasteiger partial charge in [0.2, 0.25) is 0 Å². The van der Waals surface area contributed by atoms with Crippen molar-refractivity contribution in [2.24, 2.45) is 11.8 Å². The molecule has 0 spiro atoms. The normalized spacial score (nSPS) is 37.7. The third kappa shape index (κ3) is 2.98. The topological polar surface area (TPSA) is 15.3 Å². The van der Waals surface area contributed by atoms with Crippen molar-refractivity contribution in [3.05, 3.63) is 0 Å². The number of likely N-dealkylation sites (N-methyl/N-ethyl adjacent to an activating group) is 2. The third-order valence-corrected chi connectivity index (χ3v) is 4.55. The Balaban J connectivity index is 2.73. The van der Waals surface area contributed by atoms with Crippen LogP contribution < -0.4 is 5.32 Å². The zero-order chi connectivity index (χ0) is 12.3. The van der Waals surface area contributed by atoms with Crippen molar-refractivity contribution >= 4 is 0 Å². The number of rotatable bonds is 4. The first-order valence-electron chi connectivity index (χ1n) is 6.90. The summed E-state index contributed by atoms with van der Waals surface area (Å²) >= 11 is 0.